The molecule has 2 aromatic heterocycles. The van der Waals surface area contributed by atoms with E-state index in [1.165, 1.54) is 10.9 Å². The molecule has 2 atom stereocenters. The maximum atomic E-state index is 12.3. The first kappa shape index (κ1) is 16.4. The third kappa shape index (κ3) is 3.55. The number of carboxylic acid groups (broad SMARTS) is 1. The monoisotopic (exact) mass is 341 g/mol. The summed E-state index contributed by atoms with van der Waals surface area (Å²) in [5.41, 5.74) is -0.211. The molecule has 3 N–H and O–H groups in total. The molecule has 1 amide bonds. The number of rotatable bonds is 5. The Bertz CT molecular complexity index is 844. The zero-order chi connectivity index (χ0) is 17.8. The van der Waals surface area contributed by atoms with Crippen LogP contribution in [-0.4, -0.2) is 47.9 Å². The van der Waals surface area contributed by atoms with Gasteiger partial charge in [-0.05, 0) is 12.5 Å². The summed E-state index contributed by atoms with van der Waals surface area (Å²) in [6.45, 7) is 0. The minimum Gasteiger partial charge on any atom is -0.493 e. The zero-order valence-corrected chi connectivity index (χ0v) is 13.0. The molecular weight excluding hydrogens is 326 g/mol. The summed E-state index contributed by atoms with van der Waals surface area (Å²) in [5.74, 6) is -2.76. The van der Waals surface area contributed by atoms with Crippen molar-refractivity contribution in [2.45, 2.75) is 12.5 Å². The van der Waals surface area contributed by atoms with Gasteiger partial charge in [0.1, 0.15) is 11.6 Å². The highest BCUT2D eigenvalue weighted by Crippen LogP contribution is 2.19. The van der Waals surface area contributed by atoms with Gasteiger partial charge in [-0.15, -0.1) is 0 Å². The zero-order valence-electron chi connectivity index (χ0n) is 13.0. The van der Waals surface area contributed by atoms with Crippen LogP contribution in [0.5, 0.6) is 5.88 Å². The summed E-state index contributed by atoms with van der Waals surface area (Å²) in [6.07, 6.45) is 11.8. The van der Waals surface area contributed by atoms with Gasteiger partial charge in [-0.2, -0.15) is 10.1 Å². The van der Waals surface area contributed by atoms with E-state index in [1.54, 1.807) is 24.4 Å². The highest BCUT2D eigenvalue weighted by Gasteiger charge is 2.29. The van der Waals surface area contributed by atoms with Crippen LogP contribution >= 0.6 is 0 Å². The van der Waals surface area contributed by atoms with Crippen LogP contribution in [0.2, 0.25) is 0 Å². The Balaban J connectivity index is 1.79. The highest BCUT2D eigenvalue weighted by atomic mass is 16.4. The summed E-state index contributed by atoms with van der Waals surface area (Å²) in [7, 11) is 0. The fourth-order valence-electron chi connectivity index (χ4n) is 2.44. The van der Waals surface area contributed by atoms with Crippen LogP contribution in [0.3, 0.4) is 0 Å². The lowest BCUT2D eigenvalue weighted by atomic mass is 9.92. The van der Waals surface area contributed by atoms with Crippen molar-refractivity contribution >= 4 is 11.9 Å². The second kappa shape index (κ2) is 6.95. The highest BCUT2D eigenvalue weighted by molar-refractivity contribution is 5.98. The van der Waals surface area contributed by atoms with E-state index in [0.29, 0.717) is 6.42 Å². The summed E-state index contributed by atoms with van der Waals surface area (Å²) in [5, 5.41) is 25.7. The normalized spacial score (nSPS) is 17.2. The number of hydrogen-bond donors (Lipinski definition) is 3. The molecule has 3 rings (SSSR count). The molecule has 0 spiro atoms. The van der Waals surface area contributed by atoms with Gasteiger partial charge in [-0.25, -0.2) is 14.5 Å². The van der Waals surface area contributed by atoms with Crippen molar-refractivity contribution in [3.63, 3.8) is 0 Å². The molecular formula is C16H15N5O4. The van der Waals surface area contributed by atoms with Crippen molar-refractivity contribution in [2.24, 2.45) is 5.92 Å². The van der Waals surface area contributed by atoms with Crippen molar-refractivity contribution in [1.29, 1.82) is 0 Å². The van der Waals surface area contributed by atoms with E-state index < -0.39 is 23.8 Å². The van der Waals surface area contributed by atoms with E-state index in [2.05, 4.69) is 20.4 Å². The van der Waals surface area contributed by atoms with Crippen LogP contribution in [-0.2, 0) is 4.79 Å². The van der Waals surface area contributed by atoms with Gasteiger partial charge in [0.2, 0.25) is 5.88 Å². The molecule has 0 bridgehead atoms. The molecule has 0 fully saturated rings. The summed E-state index contributed by atoms with van der Waals surface area (Å²) >= 11 is 0. The van der Waals surface area contributed by atoms with Gasteiger partial charge < -0.3 is 15.5 Å². The third-order valence-electron chi connectivity index (χ3n) is 3.70. The second-order valence-electron chi connectivity index (χ2n) is 5.36. The molecule has 1 aliphatic carbocycles. The van der Waals surface area contributed by atoms with Crippen LogP contribution in [0, 0.1) is 5.92 Å². The molecule has 0 saturated carbocycles. The lowest BCUT2D eigenvalue weighted by molar-refractivity contribution is -0.140. The van der Waals surface area contributed by atoms with Crippen molar-refractivity contribution in [3.8, 4) is 11.8 Å². The van der Waals surface area contributed by atoms with Crippen LogP contribution in [0.25, 0.3) is 5.95 Å². The molecule has 0 saturated heterocycles. The van der Waals surface area contributed by atoms with Gasteiger partial charge in [0.25, 0.3) is 11.9 Å². The van der Waals surface area contributed by atoms with E-state index in [4.69, 9.17) is 0 Å². The summed E-state index contributed by atoms with van der Waals surface area (Å²) in [6, 6.07) is 0.531. The van der Waals surface area contributed by atoms with Crippen LogP contribution in [0.4, 0.5) is 0 Å². The van der Waals surface area contributed by atoms with Gasteiger partial charge in [0, 0.05) is 24.5 Å². The number of amides is 1. The number of nitrogens with one attached hydrogen (secondary N) is 1. The van der Waals surface area contributed by atoms with Gasteiger partial charge in [-0.1, -0.05) is 24.3 Å². The SMILES string of the molecule is O=C(N[C@@H](C(=O)O)C1C=CC=CC1)c1cnc(-n2cccn2)nc1O. The fourth-order valence-corrected chi connectivity index (χ4v) is 2.44. The van der Waals surface area contributed by atoms with E-state index >= 15 is 0 Å². The van der Waals surface area contributed by atoms with Crippen LogP contribution in [0.1, 0.15) is 16.8 Å². The number of carboxylic acids is 1. The standard InChI is InChI=1S/C16H15N5O4/c22-13(19-12(15(24)25)10-5-2-1-3-6-10)11-9-17-16(20-14(11)23)21-8-4-7-18-21/h1-5,7-10,12H,6H2,(H,19,22)(H,24,25)(H,17,20,23)/t10?,12-/m1/s1. The first-order valence-corrected chi connectivity index (χ1v) is 7.49. The van der Waals surface area contributed by atoms with Gasteiger partial charge in [0.05, 0.1) is 0 Å². The number of carbonyl (C=O) groups is 2. The quantitative estimate of drug-likeness (QED) is 0.729. The lowest BCUT2D eigenvalue weighted by Gasteiger charge is -2.22. The van der Waals surface area contributed by atoms with Gasteiger partial charge in [-0.3, -0.25) is 4.79 Å². The Labute approximate surface area is 142 Å². The van der Waals surface area contributed by atoms with Crippen molar-refractivity contribution in [2.75, 3.05) is 0 Å². The Morgan fingerprint density at radius 3 is 2.80 bits per heavy atom. The van der Waals surface area contributed by atoms with E-state index in [0.717, 1.165) is 6.20 Å². The van der Waals surface area contributed by atoms with Crippen molar-refractivity contribution in [1.82, 2.24) is 25.1 Å². The number of aromatic hydroxyl groups is 1. The predicted molar refractivity (Wildman–Crippen MR) is 86.1 cm³/mol. The molecule has 1 aliphatic rings. The molecule has 25 heavy (non-hydrogen) atoms. The Morgan fingerprint density at radius 2 is 2.20 bits per heavy atom. The number of carbonyl (C=O) groups excluding carboxylic acids is 1. The topological polar surface area (TPSA) is 130 Å². The van der Waals surface area contributed by atoms with E-state index in [-0.39, 0.29) is 17.4 Å². The fraction of sp³-hybridized carbons (Fsp3) is 0.188. The Morgan fingerprint density at radius 1 is 1.36 bits per heavy atom. The summed E-state index contributed by atoms with van der Waals surface area (Å²) in [4.78, 5) is 31.6. The molecule has 0 aromatic carbocycles. The Hall–Kier alpha value is -3.49. The van der Waals surface area contributed by atoms with Crippen LogP contribution in [0.15, 0.2) is 49.0 Å². The molecule has 9 nitrogen and oxygen atoms in total. The smallest absolute Gasteiger partial charge is 0.326 e. The summed E-state index contributed by atoms with van der Waals surface area (Å²) < 4.78 is 1.32. The largest absolute Gasteiger partial charge is 0.493 e. The van der Waals surface area contributed by atoms with E-state index in [9.17, 15) is 19.8 Å². The van der Waals surface area contributed by atoms with Crippen molar-refractivity contribution in [3.05, 3.63) is 54.5 Å². The average Bonchev–Trinajstić information content (AvgIpc) is 3.14. The molecule has 1 unspecified atom stereocenters. The number of hydrogen-bond acceptors (Lipinski definition) is 6. The Kier molecular flexibility index (Phi) is 4.55. The van der Waals surface area contributed by atoms with E-state index in [1.807, 2.05) is 12.2 Å². The molecule has 9 heteroatoms. The maximum Gasteiger partial charge on any atom is 0.326 e. The third-order valence-corrected chi connectivity index (χ3v) is 3.70. The number of nitrogens with zero attached hydrogens (tertiary/aromatic N) is 4. The average molecular weight is 341 g/mol. The van der Waals surface area contributed by atoms with Crippen LogP contribution < -0.4 is 5.32 Å². The molecule has 0 radical (unpaired) electrons. The number of aromatic nitrogens is 4. The van der Waals surface area contributed by atoms with Gasteiger partial charge in [0.15, 0.2) is 0 Å². The number of allylic oxidation sites excluding steroid dienone is 3. The molecule has 2 heterocycles. The lowest BCUT2D eigenvalue weighted by Crippen LogP contribution is -2.45. The van der Waals surface area contributed by atoms with Gasteiger partial charge >= 0.3 is 5.97 Å². The first-order chi connectivity index (χ1) is 12.1. The predicted octanol–water partition coefficient (Wildman–Crippen LogP) is 0.683. The molecule has 0 aliphatic heterocycles. The number of aliphatic carboxylic acids is 1. The van der Waals surface area contributed by atoms with Crippen molar-refractivity contribution < 1.29 is 19.8 Å². The minimum atomic E-state index is -1.16. The first-order valence-electron chi connectivity index (χ1n) is 7.49. The molecule has 2 aromatic rings. The minimum absolute atomic E-state index is 0.0918. The molecule has 128 valence electrons. The second-order valence-corrected chi connectivity index (χ2v) is 5.36. The maximum absolute atomic E-state index is 12.3.